The summed E-state index contributed by atoms with van der Waals surface area (Å²) in [7, 11) is 0. The van der Waals surface area contributed by atoms with Gasteiger partial charge in [0.1, 0.15) is 0 Å². The smallest absolute Gasteiger partial charge is 0.378 e. The molecule has 0 unspecified atom stereocenters. The van der Waals surface area contributed by atoms with Crippen molar-refractivity contribution in [2.24, 2.45) is 11.7 Å². The number of ether oxygens (including phenoxy) is 1. The van der Waals surface area contributed by atoms with Crippen LogP contribution in [0.5, 0.6) is 0 Å². The van der Waals surface area contributed by atoms with Crippen molar-refractivity contribution in [3.63, 3.8) is 0 Å². The zero-order valence-corrected chi connectivity index (χ0v) is 9.07. The van der Waals surface area contributed by atoms with Gasteiger partial charge in [-0.1, -0.05) is 0 Å². The topological polar surface area (TPSA) is 64.3 Å². The molecular formula is C8H12F6N2O2. The second-order valence-electron chi connectivity index (χ2n) is 3.21. The highest BCUT2D eigenvalue weighted by molar-refractivity contribution is 5.80. The number of carbonyl (C=O) groups is 1. The van der Waals surface area contributed by atoms with Crippen LogP contribution in [0.15, 0.2) is 0 Å². The normalized spacial score (nSPS) is 12.9. The first-order valence-electron chi connectivity index (χ1n) is 4.79. The third-order valence-corrected chi connectivity index (χ3v) is 1.72. The maximum atomic E-state index is 12.1. The van der Waals surface area contributed by atoms with E-state index in [0.717, 1.165) is 0 Å². The maximum absolute atomic E-state index is 12.1. The fraction of sp³-hybridized carbons (Fsp3) is 0.875. The number of halogens is 6. The van der Waals surface area contributed by atoms with E-state index in [0.29, 0.717) is 0 Å². The summed E-state index contributed by atoms with van der Waals surface area (Å²) in [5.74, 6) is -6.18. The van der Waals surface area contributed by atoms with Gasteiger partial charge in [0.15, 0.2) is 0 Å². The number of nitrogens with one attached hydrogen (secondary N) is 1. The standard InChI is InChI=1S/C8H12F6N2O2/c9-7(10,11)5(8(12,13)14)6(17)16-2-4-18-3-1-15/h5H,1-4,15H2,(H,16,17). The summed E-state index contributed by atoms with van der Waals surface area (Å²) < 4.78 is 77.1. The second kappa shape index (κ2) is 6.78. The molecule has 0 spiro atoms. The molecule has 0 rings (SSSR count). The molecule has 0 aliphatic heterocycles. The molecule has 0 aliphatic carbocycles. The summed E-state index contributed by atoms with van der Waals surface area (Å²) in [6.07, 6.45) is -11.4. The molecule has 0 saturated heterocycles. The molecule has 0 bridgehead atoms. The molecule has 0 radical (unpaired) electrons. The van der Waals surface area contributed by atoms with Crippen molar-refractivity contribution in [2.45, 2.75) is 12.4 Å². The van der Waals surface area contributed by atoms with Crippen LogP contribution in [0.2, 0.25) is 0 Å². The van der Waals surface area contributed by atoms with Crippen LogP contribution in [0, 0.1) is 5.92 Å². The van der Waals surface area contributed by atoms with E-state index >= 15 is 0 Å². The number of rotatable bonds is 6. The molecule has 0 aromatic carbocycles. The van der Waals surface area contributed by atoms with Gasteiger partial charge in [0, 0.05) is 13.1 Å². The van der Waals surface area contributed by atoms with Crippen molar-refractivity contribution in [1.29, 1.82) is 0 Å². The summed E-state index contributed by atoms with van der Waals surface area (Å²) in [6, 6.07) is 0. The van der Waals surface area contributed by atoms with Gasteiger partial charge in [0.2, 0.25) is 11.8 Å². The van der Waals surface area contributed by atoms with Crippen LogP contribution in [0.25, 0.3) is 0 Å². The van der Waals surface area contributed by atoms with Gasteiger partial charge in [0.25, 0.3) is 0 Å². The molecule has 10 heteroatoms. The van der Waals surface area contributed by atoms with Crippen LogP contribution in [-0.4, -0.2) is 44.6 Å². The summed E-state index contributed by atoms with van der Waals surface area (Å²) in [6.45, 7) is -0.424. The zero-order chi connectivity index (χ0) is 14.4. The van der Waals surface area contributed by atoms with Gasteiger partial charge in [0.05, 0.1) is 13.2 Å². The summed E-state index contributed by atoms with van der Waals surface area (Å²) in [4.78, 5) is 10.8. The molecular weight excluding hydrogens is 270 g/mol. The molecule has 0 atom stereocenters. The Morgan fingerprint density at radius 1 is 1.11 bits per heavy atom. The lowest BCUT2D eigenvalue weighted by atomic mass is 10.1. The molecule has 0 aromatic rings. The van der Waals surface area contributed by atoms with Gasteiger partial charge in [-0.15, -0.1) is 0 Å². The highest BCUT2D eigenvalue weighted by Gasteiger charge is 2.60. The molecule has 3 N–H and O–H groups in total. The van der Waals surface area contributed by atoms with Crippen LogP contribution < -0.4 is 11.1 Å². The Kier molecular flexibility index (Phi) is 6.39. The number of hydrogen-bond donors (Lipinski definition) is 2. The largest absolute Gasteiger partial charge is 0.409 e. The van der Waals surface area contributed by atoms with Crippen molar-refractivity contribution < 1.29 is 35.9 Å². The molecule has 108 valence electrons. The molecule has 18 heavy (non-hydrogen) atoms. The van der Waals surface area contributed by atoms with Gasteiger partial charge < -0.3 is 15.8 Å². The van der Waals surface area contributed by atoms with E-state index in [1.165, 1.54) is 5.32 Å². The van der Waals surface area contributed by atoms with E-state index in [1.807, 2.05) is 0 Å². The SMILES string of the molecule is NCCOCCNC(=O)C(C(F)(F)F)C(F)(F)F. The van der Waals surface area contributed by atoms with Crippen molar-refractivity contribution in [3.05, 3.63) is 0 Å². The number of alkyl halides is 6. The fourth-order valence-corrected chi connectivity index (χ4v) is 1.02. The third-order valence-electron chi connectivity index (χ3n) is 1.72. The number of amides is 1. The first-order chi connectivity index (χ1) is 8.10. The number of carbonyl (C=O) groups excluding carboxylic acids is 1. The summed E-state index contributed by atoms with van der Waals surface area (Å²) in [5, 5.41) is 1.51. The van der Waals surface area contributed by atoms with E-state index < -0.39 is 30.7 Å². The molecule has 0 saturated carbocycles. The Hall–Kier alpha value is -1.03. The van der Waals surface area contributed by atoms with Gasteiger partial charge in [-0.25, -0.2) is 0 Å². The van der Waals surface area contributed by atoms with E-state index in [4.69, 9.17) is 5.73 Å². The maximum Gasteiger partial charge on any atom is 0.409 e. The van der Waals surface area contributed by atoms with Crippen molar-refractivity contribution in [2.75, 3.05) is 26.3 Å². The summed E-state index contributed by atoms with van der Waals surface area (Å²) >= 11 is 0. The average molecular weight is 282 g/mol. The zero-order valence-electron chi connectivity index (χ0n) is 9.07. The van der Waals surface area contributed by atoms with Gasteiger partial charge >= 0.3 is 12.4 Å². The number of hydrogen-bond acceptors (Lipinski definition) is 3. The molecule has 0 aliphatic rings. The minimum atomic E-state index is -5.68. The van der Waals surface area contributed by atoms with Gasteiger partial charge in [-0.05, 0) is 0 Å². The molecule has 4 nitrogen and oxygen atoms in total. The molecule has 0 fully saturated rings. The Balaban J connectivity index is 4.34. The Bertz CT molecular complexity index is 251. The van der Waals surface area contributed by atoms with Crippen LogP contribution in [0.3, 0.4) is 0 Å². The first kappa shape index (κ1) is 17.0. The second-order valence-corrected chi connectivity index (χ2v) is 3.21. The third kappa shape index (κ3) is 6.05. The van der Waals surface area contributed by atoms with E-state index in [9.17, 15) is 31.1 Å². The Morgan fingerprint density at radius 3 is 2.00 bits per heavy atom. The first-order valence-corrected chi connectivity index (χ1v) is 4.79. The van der Waals surface area contributed by atoms with Crippen LogP contribution in [0.1, 0.15) is 0 Å². The monoisotopic (exact) mass is 282 g/mol. The molecule has 0 heterocycles. The minimum absolute atomic E-state index is 0.0951. The predicted octanol–water partition coefficient (Wildman–Crippen LogP) is 0.819. The van der Waals surface area contributed by atoms with Crippen LogP contribution in [0.4, 0.5) is 26.3 Å². The minimum Gasteiger partial charge on any atom is -0.378 e. The lowest BCUT2D eigenvalue weighted by Crippen LogP contribution is -2.48. The van der Waals surface area contributed by atoms with E-state index in [2.05, 4.69) is 4.74 Å². The quantitative estimate of drug-likeness (QED) is 0.560. The van der Waals surface area contributed by atoms with Crippen molar-refractivity contribution in [3.8, 4) is 0 Å². The van der Waals surface area contributed by atoms with E-state index in [1.54, 1.807) is 0 Å². The molecule has 1 amide bonds. The van der Waals surface area contributed by atoms with Crippen molar-refractivity contribution >= 4 is 5.91 Å². The van der Waals surface area contributed by atoms with Crippen LogP contribution >= 0.6 is 0 Å². The van der Waals surface area contributed by atoms with Crippen LogP contribution in [-0.2, 0) is 9.53 Å². The summed E-state index contributed by atoms with van der Waals surface area (Å²) in [5.41, 5.74) is 5.02. The highest BCUT2D eigenvalue weighted by Crippen LogP contribution is 2.39. The molecule has 0 aromatic heterocycles. The van der Waals surface area contributed by atoms with Gasteiger partial charge in [-0.2, -0.15) is 26.3 Å². The lowest BCUT2D eigenvalue weighted by Gasteiger charge is -2.21. The Morgan fingerprint density at radius 2 is 1.61 bits per heavy atom. The van der Waals surface area contributed by atoms with Gasteiger partial charge in [-0.3, -0.25) is 4.79 Å². The average Bonchev–Trinajstić information content (AvgIpc) is 2.12. The Labute approximate surface area is 98.5 Å². The lowest BCUT2D eigenvalue weighted by molar-refractivity contribution is -0.274. The van der Waals surface area contributed by atoms with E-state index in [-0.39, 0.29) is 19.8 Å². The fourth-order valence-electron chi connectivity index (χ4n) is 1.02. The van der Waals surface area contributed by atoms with Crippen molar-refractivity contribution in [1.82, 2.24) is 5.32 Å². The predicted molar refractivity (Wildman–Crippen MR) is 48.5 cm³/mol. The number of nitrogens with two attached hydrogens (primary N) is 1. The highest BCUT2D eigenvalue weighted by atomic mass is 19.4.